The maximum atomic E-state index is 5.95. The zero-order valence-corrected chi connectivity index (χ0v) is 9.58. The molecule has 1 aliphatic carbocycles. The Hall–Kier alpha value is -0.340. The summed E-state index contributed by atoms with van der Waals surface area (Å²) in [6.07, 6.45) is 5.45. The lowest BCUT2D eigenvalue weighted by Crippen LogP contribution is -2.36. The van der Waals surface area contributed by atoms with E-state index in [2.05, 4.69) is 13.5 Å². The lowest BCUT2D eigenvalue weighted by Gasteiger charge is -2.32. The Morgan fingerprint density at radius 2 is 2.36 bits per heavy atom. The van der Waals surface area contributed by atoms with E-state index in [9.17, 15) is 0 Å². The standard InChI is InChI=1S/C12H22O2/c1-5-11-8-7-9-12(11,4)14-10(3)13-6-2/h5,10-11H,1,6-9H2,2-4H3. The number of hydrogen-bond acceptors (Lipinski definition) is 2. The zero-order valence-electron chi connectivity index (χ0n) is 9.58. The minimum atomic E-state index is -0.106. The summed E-state index contributed by atoms with van der Waals surface area (Å²) < 4.78 is 11.4. The molecule has 0 amide bonds. The van der Waals surface area contributed by atoms with Crippen LogP contribution in [0, 0.1) is 5.92 Å². The first-order valence-corrected chi connectivity index (χ1v) is 5.54. The van der Waals surface area contributed by atoms with Gasteiger partial charge in [0.2, 0.25) is 0 Å². The van der Waals surface area contributed by atoms with Gasteiger partial charge in [0.05, 0.1) is 5.60 Å². The molecule has 0 aliphatic heterocycles. The summed E-state index contributed by atoms with van der Waals surface area (Å²) in [5, 5.41) is 0. The van der Waals surface area contributed by atoms with Crippen LogP contribution >= 0.6 is 0 Å². The minimum absolute atomic E-state index is 0.0592. The summed E-state index contributed by atoms with van der Waals surface area (Å²) in [5.41, 5.74) is -0.0592. The summed E-state index contributed by atoms with van der Waals surface area (Å²) in [4.78, 5) is 0. The van der Waals surface area contributed by atoms with E-state index in [1.54, 1.807) is 0 Å². The van der Waals surface area contributed by atoms with Crippen molar-refractivity contribution in [1.29, 1.82) is 0 Å². The zero-order chi connectivity index (χ0) is 10.6. The van der Waals surface area contributed by atoms with Crippen molar-refractivity contribution in [3.8, 4) is 0 Å². The highest BCUT2D eigenvalue weighted by molar-refractivity contribution is 4.99. The van der Waals surface area contributed by atoms with Gasteiger partial charge in [0.25, 0.3) is 0 Å². The summed E-state index contributed by atoms with van der Waals surface area (Å²) in [5.74, 6) is 0.477. The molecule has 0 aromatic rings. The van der Waals surface area contributed by atoms with Gasteiger partial charge >= 0.3 is 0 Å². The van der Waals surface area contributed by atoms with Gasteiger partial charge in [-0.05, 0) is 40.0 Å². The van der Waals surface area contributed by atoms with Crippen molar-refractivity contribution in [1.82, 2.24) is 0 Å². The maximum Gasteiger partial charge on any atom is 0.155 e. The number of ether oxygens (including phenoxy) is 2. The monoisotopic (exact) mass is 198 g/mol. The fourth-order valence-electron chi connectivity index (χ4n) is 2.33. The van der Waals surface area contributed by atoms with Gasteiger partial charge in [0.1, 0.15) is 0 Å². The molecule has 0 saturated heterocycles. The summed E-state index contributed by atoms with van der Waals surface area (Å²) in [6.45, 7) is 10.7. The second kappa shape index (κ2) is 4.94. The lowest BCUT2D eigenvalue weighted by molar-refractivity contribution is -0.200. The molecular weight excluding hydrogens is 176 g/mol. The SMILES string of the molecule is C=CC1CCCC1(C)OC(C)OCC. The molecule has 0 aromatic heterocycles. The molecule has 2 nitrogen and oxygen atoms in total. The van der Waals surface area contributed by atoms with E-state index in [1.165, 1.54) is 12.8 Å². The van der Waals surface area contributed by atoms with Gasteiger partial charge in [-0.25, -0.2) is 0 Å². The predicted molar refractivity (Wildman–Crippen MR) is 58.1 cm³/mol. The molecule has 1 rings (SSSR count). The molecule has 0 heterocycles. The van der Waals surface area contributed by atoms with Crippen molar-refractivity contribution in [2.45, 2.75) is 51.9 Å². The van der Waals surface area contributed by atoms with Crippen molar-refractivity contribution in [2.24, 2.45) is 5.92 Å². The van der Waals surface area contributed by atoms with Crippen LogP contribution in [0.1, 0.15) is 40.0 Å². The highest BCUT2D eigenvalue weighted by atomic mass is 16.7. The summed E-state index contributed by atoms with van der Waals surface area (Å²) >= 11 is 0. The van der Waals surface area contributed by atoms with Gasteiger partial charge in [-0.15, -0.1) is 6.58 Å². The molecule has 82 valence electrons. The molecule has 1 fully saturated rings. The van der Waals surface area contributed by atoms with Crippen molar-refractivity contribution < 1.29 is 9.47 Å². The molecule has 0 aromatic carbocycles. The minimum Gasteiger partial charge on any atom is -0.353 e. The third-order valence-corrected chi connectivity index (χ3v) is 3.09. The van der Waals surface area contributed by atoms with Gasteiger partial charge in [-0.2, -0.15) is 0 Å². The third-order valence-electron chi connectivity index (χ3n) is 3.09. The van der Waals surface area contributed by atoms with Gasteiger partial charge in [-0.1, -0.05) is 6.08 Å². The van der Waals surface area contributed by atoms with E-state index in [4.69, 9.17) is 9.47 Å². The smallest absolute Gasteiger partial charge is 0.155 e. The van der Waals surface area contributed by atoms with Gasteiger partial charge in [-0.3, -0.25) is 0 Å². The summed E-state index contributed by atoms with van der Waals surface area (Å²) in [6, 6.07) is 0. The maximum absolute atomic E-state index is 5.95. The molecule has 0 N–H and O–H groups in total. The quantitative estimate of drug-likeness (QED) is 0.499. The largest absolute Gasteiger partial charge is 0.353 e. The van der Waals surface area contributed by atoms with Gasteiger partial charge in [0, 0.05) is 12.5 Å². The molecule has 3 atom stereocenters. The van der Waals surface area contributed by atoms with Crippen LogP contribution < -0.4 is 0 Å². The molecule has 1 saturated carbocycles. The van der Waals surface area contributed by atoms with Crippen molar-refractivity contribution in [2.75, 3.05) is 6.61 Å². The number of rotatable bonds is 5. The Bertz CT molecular complexity index is 191. The first-order chi connectivity index (χ1) is 6.62. The van der Waals surface area contributed by atoms with Gasteiger partial charge < -0.3 is 9.47 Å². The first-order valence-electron chi connectivity index (χ1n) is 5.54. The number of hydrogen-bond donors (Lipinski definition) is 0. The van der Waals surface area contributed by atoms with Crippen LogP contribution in [0.4, 0.5) is 0 Å². The molecular formula is C12H22O2. The Labute approximate surface area is 87.3 Å². The van der Waals surface area contributed by atoms with E-state index >= 15 is 0 Å². The van der Waals surface area contributed by atoms with Crippen LogP contribution in [0.25, 0.3) is 0 Å². The molecule has 1 aliphatic rings. The van der Waals surface area contributed by atoms with E-state index in [1.807, 2.05) is 19.9 Å². The highest BCUT2D eigenvalue weighted by Crippen LogP contribution is 2.39. The fraction of sp³-hybridized carbons (Fsp3) is 0.833. The Balaban J connectivity index is 2.51. The lowest BCUT2D eigenvalue weighted by atomic mass is 9.93. The van der Waals surface area contributed by atoms with Crippen LogP contribution in [0.5, 0.6) is 0 Å². The second-order valence-electron chi connectivity index (χ2n) is 4.19. The Kier molecular flexibility index (Phi) is 4.14. The summed E-state index contributed by atoms with van der Waals surface area (Å²) in [7, 11) is 0. The van der Waals surface area contributed by atoms with Crippen LogP contribution in [0.15, 0.2) is 12.7 Å². The predicted octanol–water partition coefficient (Wildman–Crippen LogP) is 3.13. The average molecular weight is 198 g/mol. The second-order valence-corrected chi connectivity index (χ2v) is 4.19. The van der Waals surface area contributed by atoms with Crippen LogP contribution in [-0.4, -0.2) is 18.5 Å². The van der Waals surface area contributed by atoms with E-state index in [0.717, 1.165) is 6.42 Å². The van der Waals surface area contributed by atoms with Crippen LogP contribution in [-0.2, 0) is 9.47 Å². The molecule has 3 unspecified atom stereocenters. The van der Waals surface area contributed by atoms with Gasteiger partial charge in [0.15, 0.2) is 6.29 Å². The molecule has 0 spiro atoms. The van der Waals surface area contributed by atoms with Crippen LogP contribution in [0.3, 0.4) is 0 Å². The van der Waals surface area contributed by atoms with E-state index in [0.29, 0.717) is 12.5 Å². The third kappa shape index (κ3) is 2.58. The molecule has 0 bridgehead atoms. The Morgan fingerprint density at radius 3 is 2.93 bits per heavy atom. The topological polar surface area (TPSA) is 18.5 Å². The highest BCUT2D eigenvalue weighted by Gasteiger charge is 2.39. The van der Waals surface area contributed by atoms with Crippen LogP contribution in [0.2, 0.25) is 0 Å². The van der Waals surface area contributed by atoms with Crippen molar-refractivity contribution in [3.63, 3.8) is 0 Å². The Morgan fingerprint density at radius 1 is 1.64 bits per heavy atom. The first kappa shape index (κ1) is 11.7. The van der Waals surface area contributed by atoms with E-state index < -0.39 is 0 Å². The molecule has 14 heavy (non-hydrogen) atoms. The molecule has 0 radical (unpaired) electrons. The molecule has 2 heteroatoms. The van der Waals surface area contributed by atoms with Crippen molar-refractivity contribution >= 4 is 0 Å². The van der Waals surface area contributed by atoms with E-state index in [-0.39, 0.29) is 11.9 Å². The average Bonchev–Trinajstić information content (AvgIpc) is 2.46. The normalized spacial score (nSPS) is 34.4. The fourth-order valence-corrected chi connectivity index (χ4v) is 2.33. The van der Waals surface area contributed by atoms with Crippen molar-refractivity contribution in [3.05, 3.63) is 12.7 Å².